The van der Waals surface area contributed by atoms with Crippen molar-refractivity contribution in [2.45, 2.75) is 0 Å². The summed E-state index contributed by atoms with van der Waals surface area (Å²) in [5, 5.41) is 10.3. The minimum atomic E-state index is -1.14. The van der Waals surface area contributed by atoms with Gasteiger partial charge in [-0.15, -0.1) is 0 Å². The van der Waals surface area contributed by atoms with Crippen molar-refractivity contribution in [2.75, 3.05) is 13.2 Å². The van der Waals surface area contributed by atoms with Crippen LogP contribution < -0.4 is 10.5 Å². The normalized spacial score (nSPS) is 10.8. The SMILES string of the molecule is NCC=CCOc1cc(F)c([N+](=O)[O-])cc1F. The maximum absolute atomic E-state index is 13.3. The zero-order chi connectivity index (χ0) is 12.8. The Morgan fingerprint density at radius 3 is 2.65 bits per heavy atom. The molecule has 0 aliphatic rings. The number of benzene rings is 1. The second kappa shape index (κ2) is 5.90. The number of nitrogens with two attached hydrogens (primary N) is 1. The minimum absolute atomic E-state index is 0.00533. The van der Waals surface area contributed by atoms with Crippen LogP contribution in [0.3, 0.4) is 0 Å². The summed E-state index contributed by atoms with van der Waals surface area (Å²) in [5.41, 5.74) is 4.24. The van der Waals surface area contributed by atoms with Crippen molar-refractivity contribution in [2.24, 2.45) is 5.73 Å². The predicted octanol–water partition coefficient (Wildman–Crippen LogP) is 1.77. The number of halogens is 2. The van der Waals surface area contributed by atoms with Crippen molar-refractivity contribution in [1.82, 2.24) is 0 Å². The van der Waals surface area contributed by atoms with Gasteiger partial charge in [-0.3, -0.25) is 10.1 Å². The maximum Gasteiger partial charge on any atom is 0.307 e. The molecule has 1 aromatic carbocycles. The molecule has 1 aromatic rings. The molecule has 0 unspecified atom stereocenters. The quantitative estimate of drug-likeness (QED) is 0.486. The maximum atomic E-state index is 13.3. The van der Waals surface area contributed by atoms with Gasteiger partial charge in [0, 0.05) is 12.6 Å². The summed E-state index contributed by atoms with van der Waals surface area (Å²) in [7, 11) is 0. The fourth-order valence-corrected chi connectivity index (χ4v) is 1.07. The summed E-state index contributed by atoms with van der Waals surface area (Å²) < 4.78 is 31.3. The molecule has 0 bridgehead atoms. The Balaban J connectivity index is 2.84. The molecule has 92 valence electrons. The summed E-state index contributed by atoms with van der Waals surface area (Å²) >= 11 is 0. The highest BCUT2D eigenvalue weighted by atomic mass is 19.1. The largest absolute Gasteiger partial charge is 0.486 e. The van der Waals surface area contributed by atoms with Gasteiger partial charge in [0.1, 0.15) is 6.61 Å². The van der Waals surface area contributed by atoms with Gasteiger partial charge in [0.25, 0.3) is 0 Å². The smallest absolute Gasteiger partial charge is 0.307 e. The van der Waals surface area contributed by atoms with E-state index >= 15 is 0 Å². The van der Waals surface area contributed by atoms with Crippen LogP contribution in [0, 0.1) is 21.7 Å². The Hall–Kier alpha value is -2.02. The van der Waals surface area contributed by atoms with Crippen LogP contribution in [0.25, 0.3) is 0 Å². The van der Waals surface area contributed by atoms with E-state index in [-0.39, 0.29) is 12.4 Å². The van der Waals surface area contributed by atoms with Gasteiger partial charge < -0.3 is 10.5 Å². The van der Waals surface area contributed by atoms with Crippen LogP contribution in [-0.4, -0.2) is 18.1 Å². The van der Waals surface area contributed by atoms with Gasteiger partial charge in [0.15, 0.2) is 11.6 Å². The van der Waals surface area contributed by atoms with E-state index in [4.69, 9.17) is 10.5 Å². The van der Waals surface area contributed by atoms with Gasteiger partial charge in [-0.05, 0) is 0 Å². The molecule has 0 heterocycles. The predicted molar refractivity (Wildman–Crippen MR) is 56.7 cm³/mol. The molecule has 0 saturated carbocycles. The standard InChI is InChI=1S/C10H10F2N2O3/c11-7-6-10(17-4-2-1-3-13)8(12)5-9(7)14(15)16/h1-2,5-6H,3-4,13H2. The molecule has 5 nitrogen and oxygen atoms in total. The number of hydrogen-bond acceptors (Lipinski definition) is 4. The third-order valence-electron chi connectivity index (χ3n) is 1.84. The van der Waals surface area contributed by atoms with E-state index in [2.05, 4.69) is 0 Å². The van der Waals surface area contributed by atoms with Gasteiger partial charge in [-0.1, -0.05) is 12.2 Å². The lowest BCUT2D eigenvalue weighted by molar-refractivity contribution is -0.387. The van der Waals surface area contributed by atoms with E-state index in [9.17, 15) is 18.9 Å². The first-order valence-electron chi connectivity index (χ1n) is 4.67. The summed E-state index contributed by atoms with van der Waals surface area (Å²) in [6.07, 6.45) is 3.11. The summed E-state index contributed by atoms with van der Waals surface area (Å²) in [6.45, 7) is 0.311. The van der Waals surface area contributed by atoms with Crippen molar-refractivity contribution < 1.29 is 18.4 Å². The molecule has 2 N–H and O–H groups in total. The molecular weight excluding hydrogens is 234 g/mol. The zero-order valence-electron chi connectivity index (χ0n) is 8.73. The Morgan fingerprint density at radius 2 is 2.06 bits per heavy atom. The van der Waals surface area contributed by atoms with Crippen molar-refractivity contribution in [3.05, 3.63) is 46.0 Å². The minimum Gasteiger partial charge on any atom is -0.486 e. The second-order valence-corrected chi connectivity index (χ2v) is 3.01. The van der Waals surface area contributed by atoms with E-state index in [1.807, 2.05) is 0 Å². The zero-order valence-corrected chi connectivity index (χ0v) is 8.73. The van der Waals surface area contributed by atoms with E-state index in [0.717, 1.165) is 0 Å². The van der Waals surface area contributed by atoms with E-state index in [0.29, 0.717) is 18.7 Å². The van der Waals surface area contributed by atoms with E-state index in [1.165, 1.54) is 6.08 Å². The number of nitro groups is 1. The van der Waals surface area contributed by atoms with Crippen LogP contribution in [0.5, 0.6) is 5.75 Å². The number of nitrogens with zero attached hydrogens (tertiary/aromatic N) is 1. The van der Waals surface area contributed by atoms with Crippen LogP contribution in [-0.2, 0) is 0 Å². The van der Waals surface area contributed by atoms with Crippen LogP contribution in [0.4, 0.5) is 14.5 Å². The number of nitro benzene ring substituents is 1. The third kappa shape index (κ3) is 3.49. The average Bonchev–Trinajstić information content (AvgIpc) is 2.28. The topological polar surface area (TPSA) is 78.4 Å². The molecule has 0 spiro atoms. The lowest BCUT2D eigenvalue weighted by Crippen LogP contribution is -2.01. The summed E-state index contributed by atoms with van der Waals surface area (Å²) in [5.74, 6) is -2.51. The first-order valence-corrected chi connectivity index (χ1v) is 4.67. The summed E-state index contributed by atoms with van der Waals surface area (Å²) in [4.78, 5) is 9.31. The third-order valence-corrected chi connectivity index (χ3v) is 1.84. The molecular formula is C10H10F2N2O3. The Morgan fingerprint density at radius 1 is 1.35 bits per heavy atom. The number of hydrogen-bond donors (Lipinski definition) is 1. The number of rotatable bonds is 5. The molecule has 17 heavy (non-hydrogen) atoms. The molecule has 0 atom stereocenters. The Bertz CT molecular complexity index is 449. The molecule has 0 saturated heterocycles. The fourth-order valence-electron chi connectivity index (χ4n) is 1.07. The molecule has 0 amide bonds. The number of ether oxygens (including phenoxy) is 1. The van der Waals surface area contributed by atoms with Crippen LogP contribution in [0.1, 0.15) is 0 Å². The van der Waals surface area contributed by atoms with E-state index < -0.39 is 22.2 Å². The fraction of sp³-hybridized carbons (Fsp3) is 0.200. The Labute approximate surface area is 95.6 Å². The molecule has 0 aromatic heterocycles. The van der Waals surface area contributed by atoms with Crippen molar-refractivity contribution >= 4 is 5.69 Å². The lowest BCUT2D eigenvalue weighted by atomic mass is 10.3. The van der Waals surface area contributed by atoms with Gasteiger partial charge in [0.2, 0.25) is 5.82 Å². The lowest BCUT2D eigenvalue weighted by Gasteiger charge is -2.04. The monoisotopic (exact) mass is 244 g/mol. The first kappa shape index (κ1) is 13.0. The van der Waals surface area contributed by atoms with Crippen molar-refractivity contribution in [3.8, 4) is 5.75 Å². The molecule has 0 radical (unpaired) electrons. The highest BCUT2D eigenvalue weighted by molar-refractivity contribution is 5.39. The van der Waals surface area contributed by atoms with Gasteiger partial charge in [-0.2, -0.15) is 4.39 Å². The molecule has 0 fully saturated rings. The van der Waals surface area contributed by atoms with Gasteiger partial charge in [0.05, 0.1) is 11.0 Å². The second-order valence-electron chi connectivity index (χ2n) is 3.01. The molecule has 7 heteroatoms. The summed E-state index contributed by atoms with van der Waals surface area (Å²) in [6, 6.07) is 1.13. The molecule has 1 rings (SSSR count). The van der Waals surface area contributed by atoms with E-state index in [1.54, 1.807) is 6.08 Å². The van der Waals surface area contributed by atoms with Crippen molar-refractivity contribution in [1.29, 1.82) is 0 Å². The highest BCUT2D eigenvalue weighted by Crippen LogP contribution is 2.26. The van der Waals surface area contributed by atoms with Crippen LogP contribution in [0.15, 0.2) is 24.3 Å². The van der Waals surface area contributed by atoms with Crippen LogP contribution >= 0.6 is 0 Å². The van der Waals surface area contributed by atoms with Crippen LogP contribution in [0.2, 0.25) is 0 Å². The Kier molecular flexibility index (Phi) is 4.53. The van der Waals surface area contributed by atoms with Crippen molar-refractivity contribution in [3.63, 3.8) is 0 Å². The first-order chi connectivity index (χ1) is 8.06. The highest BCUT2D eigenvalue weighted by Gasteiger charge is 2.18. The van der Waals surface area contributed by atoms with Gasteiger partial charge in [-0.25, -0.2) is 4.39 Å². The van der Waals surface area contributed by atoms with Gasteiger partial charge >= 0.3 is 5.69 Å². The average molecular weight is 244 g/mol. The molecule has 0 aliphatic heterocycles. The molecule has 0 aliphatic carbocycles.